The van der Waals surface area contributed by atoms with Crippen LogP contribution in [0.4, 0.5) is 5.82 Å². The van der Waals surface area contributed by atoms with Gasteiger partial charge in [0.1, 0.15) is 0 Å². The smallest absolute Gasteiger partial charge is 0.323 e. The monoisotopic (exact) mass is 274 g/mol. The van der Waals surface area contributed by atoms with Gasteiger partial charge in [0.2, 0.25) is 10.0 Å². The van der Waals surface area contributed by atoms with E-state index < -0.39 is 21.7 Å². The molecule has 18 heavy (non-hydrogen) atoms. The molecule has 0 fully saturated rings. The molecule has 1 rings (SSSR count). The maximum Gasteiger partial charge on any atom is 0.323 e. The molecule has 1 heterocycles. The van der Waals surface area contributed by atoms with E-state index in [0.717, 1.165) is 0 Å². The second-order valence-corrected chi connectivity index (χ2v) is 5.21. The van der Waals surface area contributed by atoms with Crippen LogP contribution >= 0.6 is 0 Å². The average molecular weight is 274 g/mol. The summed E-state index contributed by atoms with van der Waals surface area (Å²) < 4.78 is 29.7. The molecule has 0 aliphatic carbocycles. The predicted molar refractivity (Wildman–Crippen MR) is 64.7 cm³/mol. The van der Waals surface area contributed by atoms with Gasteiger partial charge in [0.05, 0.1) is 6.61 Å². The summed E-state index contributed by atoms with van der Waals surface area (Å²) in [5.74, 6) is -2.21. The van der Waals surface area contributed by atoms with Crippen molar-refractivity contribution in [1.29, 1.82) is 0 Å². The summed E-state index contributed by atoms with van der Waals surface area (Å²) in [6.45, 7) is 3.32. The number of esters is 1. The second kappa shape index (κ2) is 5.67. The minimum absolute atomic E-state index is 0.0995. The van der Waals surface area contributed by atoms with Crippen LogP contribution in [0.5, 0.6) is 5.75 Å². The van der Waals surface area contributed by atoms with E-state index in [4.69, 9.17) is 0 Å². The van der Waals surface area contributed by atoms with Gasteiger partial charge >= 0.3 is 5.97 Å². The number of carbonyl (C=O) groups is 1. The van der Waals surface area contributed by atoms with Crippen LogP contribution in [0.3, 0.4) is 0 Å². The van der Waals surface area contributed by atoms with Crippen molar-refractivity contribution in [2.45, 2.75) is 13.8 Å². The third kappa shape index (κ3) is 4.21. The fourth-order valence-electron chi connectivity index (χ4n) is 1.17. The van der Waals surface area contributed by atoms with Crippen molar-refractivity contribution in [3.05, 3.63) is 17.8 Å². The highest BCUT2D eigenvalue weighted by Crippen LogP contribution is 2.21. The summed E-state index contributed by atoms with van der Waals surface area (Å²) in [7, 11) is -3.94. The van der Waals surface area contributed by atoms with Gasteiger partial charge in [0.25, 0.3) is 0 Å². The molecule has 100 valence electrons. The lowest BCUT2D eigenvalue weighted by Crippen LogP contribution is -2.24. The number of sulfonamides is 1. The number of ether oxygens (including phenoxy) is 1. The lowest BCUT2D eigenvalue weighted by atomic mass is 10.3. The number of aryl methyl sites for hydroxylation is 1. The Morgan fingerprint density at radius 3 is 2.78 bits per heavy atom. The molecule has 0 saturated carbocycles. The van der Waals surface area contributed by atoms with Gasteiger partial charge in [0, 0.05) is 5.69 Å². The van der Waals surface area contributed by atoms with E-state index in [2.05, 4.69) is 9.72 Å². The molecular weight excluding hydrogens is 260 g/mol. The van der Waals surface area contributed by atoms with Crippen LogP contribution in [0.15, 0.2) is 12.1 Å². The number of aromatic nitrogens is 1. The Morgan fingerprint density at radius 2 is 2.17 bits per heavy atom. The van der Waals surface area contributed by atoms with E-state index in [1.807, 2.05) is 4.72 Å². The summed E-state index contributed by atoms with van der Waals surface area (Å²) in [5.41, 5.74) is 0.529. The molecule has 0 amide bonds. The zero-order valence-electron chi connectivity index (χ0n) is 10.0. The first-order valence-corrected chi connectivity index (χ1v) is 6.82. The molecule has 0 unspecified atom stereocenters. The number of aromatic hydroxyl groups is 1. The van der Waals surface area contributed by atoms with Crippen molar-refractivity contribution in [3.8, 4) is 5.75 Å². The third-order valence-corrected chi connectivity index (χ3v) is 3.00. The standard InChI is InChI=1S/C10H14N2O5S/c1-3-17-9(14)6-18(15,16)12-10-8(13)5-4-7(2)11-10/h4-5,13H,3,6H2,1-2H3,(H,11,12). The molecule has 7 nitrogen and oxygen atoms in total. The Balaban J connectivity index is 2.82. The Hall–Kier alpha value is -1.83. The van der Waals surface area contributed by atoms with Crippen LogP contribution < -0.4 is 4.72 Å². The van der Waals surface area contributed by atoms with E-state index in [-0.39, 0.29) is 18.2 Å². The predicted octanol–water partition coefficient (Wildman–Crippen LogP) is 0.400. The minimum atomic E-state index is -3.94. The summed E-state index contributed by atoms with van der Waals surface area (Å²) in [4.78, 5) is 14.9. The van der Waals surface area contributed by atoms with E-state index in [9.17, 15) is 18.3 Å². The number of pyridine rings is 1. The fraction of sp³-hybridized carbons (Fsp3) is 0.400. The van der Waals surface area contributed by atoms with Crippen LogP contribution in [-0.2, 0) is 19.6 Å². The lowest BCUT2D eigenvalue weighted by molar-refractivity contribution is -0.139. The number of rotatable bonds is 5. The summed E-state index contributed by atoms with van der Waals surface area (Å²) in [5, 5.41) is 9.43. The first kappa shape index (κ1) is 14.2. The van der Waals surface area contributed by atoms with Crippen molar-refractivity contribution in [3.63, 3.8) is 0 Å². The highest BCUT2D eigenvalue weighted by molar-refractivity contribution is 7.93. The maximum absolute atomic E-state index is 11.6. The Bertz CT molecular complexity index is 541. The zero-order valence-corrected chi connectivity index (χ0v) is 10.8. The Morgan fingerprint density at radius 1 is 1.50 bits per heavy atom. The summed E-state index contributed by atoms with van der Waals surface area (Å²) >= 11 is 0. The molecule has 1 aromatic heterocycles. The molecule has 8 heteroatoms. The van der Waals surface area contributed by atoms with Gasteiger partial charge in [-0.3, -0.25) is 9.52 Å². The maximum atomic E-state index is 11.6. The minimum Gasteiger partial charge on any atom is -0.504 e. The van der Waals surface area contributed by atoms with Crippen molar-refractivity contribution in [2.24, 2.45) is 0 Å². The van der Waals surface area contributed by atoms with Crippen LogP contribution in [0.1, 0.15) is 12.6 Å². The largest absolute Gasteiger partial charge is 0.504 e. The molecule has 0 saturated heterocycles. The topological polar surface area (TPSA) is 106 Å². The van der Waals surface area contributed by atoms with Crippen LogP contribution in [0, 0.1) is 6.92 Å². The van der Waals surface area contributed by atoms with Gasteiger partial charge in [-0.15, -0.1) is 0 Å². The quantitative estimate of drug-likeness (QED) is 0.753. The average Bonchev–Trinajstić information content (AvgIpc) is 2.22. The van der Waals surface area contributed by atoms with Crippen molar-refractivity contribution in [1.82, 2.24) is 4.98 Å². The molecule has 0 aliphatic heterocycles. The molecule has 0 aromatic carbocycles. The van der Waals surface area contributed by atoms with E-state index in [1.54, 1.807) is 13.8 Å². The van der Waals surface area contributed by atoms with Crippen LogP contribution in [0.25, 0.3) is 0 Å². The highest BCUT2D eigenvalue weighted by atomic mass is 32.2. The molecule has 0 radical (unpaired) electrons. The van der Waals surface area contributed by atoms with Gasteiger partial charge in [-0.05, 0) is 26.0 Å². The highest BCUT2D eigenvalue weighted by Gasteiger charge is 2.19. The number of nitrogens with zero attached hydrogens (tertiary/aromatic N) is 1. The Kier molecular flexibility index (Phi) is 4.49. The molecule has 2 N–H and O–H groups in total. The molecule has 0 bridgehead atoms. The number of hydrogen-bond acceptors (Lipinski definition) is 6. The number of hydrogen-bond donors (Lipinski definition) is 2. The number of carbonyl (C=O) groups excluding carboxylic acids is 1. The summed E-state index contributed by atoms with van der Waals surface area (Å²) in [6, 6.07) is 2.84. The second-order valence-electron chi connectivity index (χ2n) is 3.49. The third-order valence-electron chi connectivity index (χ3n) is 1.88. The lowest BCUT2D eigenvalue weighted by Gasteiger charge is -2.08. The van der Waals surface area contributed by atoms with E-state index >= 15 is 0 Å². The van der Waals surface area contributed by atoms with Crippen molar-refractivity contribution in [2.75, 3.05) is 17.1 Å². The van der Waals surface area contributed by atoms with E-state index in [1.165, 1.54) is 12.1 Å². The molecule has 0 spiro atoms. The van der Waals surface area contributed by atoms with Gasteiger partial charge < -0.3 is 9.84 Å². The number of nitrogens with one attached hydrogen (secondary N) is 1. The van der Waals surface area contributed by atoms with Crippen LogP contribution in [0.2, 0.25) is 0 Å². The zero-order chi connectivity index (χ0) is 13.8. The Labute approximate surface area is 105 Å². The molecule has 0 atom stereocenters. The molecule has 1 aromatic rings. The first-order valence-electron chi connectivity index (χ1n) is 5.17. The van der Waals surface area contributed by atoms with Crippen LogP contribution in [-0.4, -0.2) is 36.8 Å². The van der Waals surface area contributed by atoms with Crippen molar-refractivity contribution >= 4 is 21.8 Å². The van der Waals surface area contributed by atoms with Crippen molar-refractivity contribution < 1.29 is 23.1 Å². The normalized spacial score (nSPS) is 11.0. The van der Waals surface area contributed by atoms with Gasteiger partial charge in [-0.1, -0.05) is 0 Å². The van der Waals surface area contributed by atoms with Gasteiger partial charge in [-0.25, -0.2) is 13.4 Å². The molecular formula is C10H14N2O5S. The van der Waals surface area contributed by atoms with Gasteiger partial charge in [-0.2, -0.15) is 0 Å². The van der Waals surface area contributed by atoms with Gasteiger partial charge in [0.15, 0.2) is 17.3 Å². The SMILES string of the molecule is CCOC(=O)CS(=O)(=O)Nc1nc(C)ccc1O. The fourth-order valence-corrected chi connectivity index (χ4v) is 2.08. The summed E-state index contributed by atoms with van der Waals surface area (Å²) in [6.07, 6.45) is 0. The van der Waals surface area contributed by atoms with E-state index in [0.29, 0.717) is 5.69 Å². The number of anilines is 1. The first-order chi connectivity index (χ1) is 8.34. The molecule has 0 aliphatic rings.